The average Bonchev–Trinajstić information content (AvgIpc) is 2.04. The molecule has 0 rings (SSSR count). The van der Waals surface area contributed by atoms with Gasteiger partial charge in [0.15, 0.2) is 0 Å². The fourth-order valence-electron chi connectivity index (χ4n) is 1.03. The Morgan fingerprint density at radius 3 is 2.50 bits per heavy atom. The molecule has 0 fully saturated rings. The van der Waals surface area contributed by atoms with E-state index in [9.17, 15) is 0 Å². The molecule has 0 N–H and O–H groups in total. The van der Waals surface area contributed by atoms with Gasteiger partial charge < -0.3 is 4.84 Å². The van der Waals surface area contributed by atoms with Gasteiger partial charge in [0.25, 0.3) is 0 Å². The third-order valence-corrected chi connectivity index (χ3v) is 1.73. The summed E-state index contributed by atoms with van der Waals surface area (Å²) in [6.45, 7) is 5.09. The molecule has 0 aliphatic rings. The molecule has 0 atom stereocenters. The SMILES string of the molecule is CON(CCCCC#N)C(C)C. The number of rotatable bonds is 6. The highest BCUT2D eigenvalue weighted by atomic mass is 16.7. The maximum atomic E-state index is 8.30. The predicted octanol–water partition coefficient (Wildman–Crippen LogP) is 1.95. The van der Waals surface area contributed by atoms with Crippen molar-refractivity contribution < 1.29 is 4.84 Å². The molecule has 0 spiro atoms. The first-order valence-electron chi connectivity index (χ1n) is 4.40. The Balaban J connectivity index is 3.40. The van der Waals surface area contributed by atoms with Gasteiger partial charge in [0, 0.05) is 19.0 Å². The molecule has 0 aromatic carbocycles. The summed E-state index contributed by atoms with van der Waals surface area (Å²) in [5, 5.41) is 10.2. The molecule has 0 saturated carbocycles. The van der Waals surface area contributed by atoms with Crippen LogP contribution in [0.4, 0.5) is 0 Å². The number of hydrogen-bond donors (Lipinski definition) is 0. The van der Waals surface area contributed by atoms with Crippen molar-refractivity contribution >= 4 is 0 Å². The lowest BCUT2D eigenvalue weighted by molar-refractivity contribution is -0.153. The minimum absolute atomic E-state index is 0.414. The van der Waals surface area contributed by atoms with Gasteiger partial charge in [0.1, 0.15) is 0 Å². The molecule has 0 aromatic heterocycles. The number of nitriles is 1. The predicted molar refractivity (Wildman–Crippen MR) is 48.3 cm³/mol. The van der Waals surface area contributed by atoms with E-state index in [0.29, 0.717) is 12.5 Å². The lowest BCUT2D eigenvalue weighted by Gasteiger charge is -2.23. The Hall–Kier alpha value is -0.590. The summed E-state index contributed by atoms with van der Waals surface area (Å²) in [6, 6.07) is 2.54. The van der Waals surface area contributed by atoms with Crippen LogP contribution in [0, 0.1) is 11.3 Å². The summed E-state index contributed by atoms with van der Waals surface area (Å²) in [6.07, 6.45) is 2.64. The van der Waals surface area contributed by atoms with Crippen LogP contribution in [-0.2, 0) is 4.84 Å². The Morgan fingerprint density at radius 1 is 1.42 bits per heavy atom. The van der Waals surface area contributed by atoms with Crippen molar-refractivity contribution in [3.8, 4) is 6.07 Å². The lowest BCUT2D eigenvalue weighted by Crippen LogP contribution is -2.30. The maximum Gasteiger partial charge on any atom is 0.0621 e. The molecule has 3 nitrogen and oxygen atoms in total. The molecule has 0 aromatic rings. The van der Waals surface area contributed by atoms with Crippen LogP contribution in [0.2, 0.25) is 0 Å². The second-order valence-corrected chi connectivity index (χ2v) is 3.03. The second kappa shape index (κ2) is 7.08. The standard InChI is InChI=1S/C9H18N2O/c1-9(2)11(12-3)8-6-4-5-7-10/h9H,4-6,8H2,1-3H3. The summed E-state index contributed by atoms with van der Waals surface area (Å²) in [5.74, 6) is 0. The van der Waals surface area contributed by atoms with Crippen LogP contribution < -0.4 is 0 Å². The maximum absolute atomic E-state index is 8.30. The quantitative estimate of drug-likeness (QED) is 0.451. The second-order valence-electron chi connectivity index (χ2n) is 3.03. The van der Waals surface area contributed by atoms with Crippen LogP contribution >= 0.6 is 0 Å². The monoisotopic (exact) mass is 170 g/mol. The third kappa shape index (κ3) is 5.11. The van der Waals surface area contributed by atoms with E-state index < -0.39 is 0 Å². The van der Waals surface area contributed by atoms with Crippen molar-refractivity contribution in [2.75, 3.05) is 13.7 Å². The van der Waals surface area contributed by atoms with E-state index >= 15 is 0 Å². The summed E-state index contributed by atoms with van der Waals surface area (Å²) in [7, 11) is 1.68. The topological polar surface area (TPSA) is 36.3 Å². The van der Waals surface area contributed by atoms with Crippen molar-refractivity contribution in [1.29, 1.82) is 5.26 Å². The number of unbranched alkanes of at least 4 members (excludes halogenated alkanes) is 2. The zero-order valence-electron chi connectivity index (χ0n) is 8.21. The largest absolute Gasteiger partial charge is 0.302 e. The minimum atomic E-state index is 0.414. The first-order chi connectivity index (χ1) is 5.72. The van der Waals surface area contributed by atoms with Crippen molar-refractivity contribution in [2.24, 2.45) is 0 Å². The molecule has 0 aliphatic heterocycles. The first-order valence-corrected chi connectivity index (χ1v) is 4.40. The Labute approximate surface area is 74.9 Å². The van der Waals surface area contributed by atoms with Crippen LogP contribution in [0.15, 0.2) is 0 Å². The van der Waals surface area contributed by atoms with Gasteiger partial charge >= 0.3 is 0 Å². The molecule has 12 heavy (non-hydrogen) atoms. The molecule has 0 bridgehead atoms. The highest BCUT2D eigenvalue weighted by Crippen LogP contribution is 2.02. The fraction of sp³-hybridized carbons (Fsp3) is 0.889. The number of hydroxylamine groups is 2. The fourth-order valence-corrected chi connectivity index (χ4v) is 1.03. The average molecular weight is 170 g/mol. The van der Waals surface area contributed by atoms with Gasteiger partial charge in [0.05, 0.1) is 13.2 Å². The van der Waals surface area contributed by atoms with E-state index in [1.807, 2.05) is 5.06 Å². The minimum Gasteiger partial charge on any atom is -0.302 e. The molecule has 3 heteroatoms. The van der Waals surface area contributed by atoms with Crippen LogP contribution in [0.3, 0.4) is 0 Å². The van der Waals surface area contributed by atoms with Gasteiger partial charge in [-0.05, 0) is 26.7 Å². The third-order valence-electron chi connectivity index (χ3n) is 1.73. The van der Waals surface area contributed by atoms with Crippen LogP contribution in [-0.4, -0.2) is 24.8 Å². The molecule has 0 radical (unpaired) electrons. The first kappa shape index (κ1) is 11.4. The normalized spacial score (nSPS) is 10.7. The van der Waals surface area contributed by atoms with Crippen LogP contribution in [0.1, 0.15) is 33.1 Å². The van der Waals surface area contributed by atoms with E-state index in [4.69, 9.17) is 10.1 Å². The number of hydrogen-bond acceptors (Lipinski definition) is 3. The van der Waals surface area contributed by atoms with E-state index in [2.05, 4.69) is 19.9 Å². The zero-order chi connectivity index (χ0) is 9.40. The summed E-state index contributed by atoms with van der Waals surface area (Å²) in [5.41, 5.74) is 0. The lowest BCUT2D eigenvalue weighted by atomic mass is 10.2. The molecular formula is C9H18N2O. The van der Waals surface area contributed by atoms with Crippen molar-refractivity contribution in [1.82, 2.24) is 5.06 Å². The van der Waals surface area contributed by atoms with Gasteiger partial charge in [-0.15, -0.1) is 0 Å². The Kier molecular flexibility index (Phi) is 6.73. The van der Waals surface area contributed by atoms with E-state index in [-0.39, 0.29) is 0 Å². The smallest absolute Gasteiger partial charge is 0.0621 e. The highest BCUT2D eigenvalue weighted by molar-refractivity contribution is 4.68. The Bertz CT molecular complexity index is 140. The Morgan fingerprint density at radius 2 is 2.08 bits per heavy atom. The van der Waals surface area contributed by atoms with Crippen LogP contribution in [0.5, 0.6) is 0 Å². The molecule has 0 unspecified atom stereocenters. The molecule has 0 aliphatic carbocycles. The zero-order valence-corrected chi connectivity index (χ0v) is 8.21. The van der Waals surface area contributed by atoms with Gasteiger partial charge in [-0.1, -0.05) is 0 Å². The van der Waals surface area contributed by atoms with E-state index in [1.165, 1.54) is 0 Å². The molecular weight excluding hydrogens is 152 g/mol. The van der Waals surface area contributed by atoms with Gasteiger partial charge in [-0.2, -0.15) is 10.3 Å². The summed E-state index contributed by atoms with van der Waals surface area (Å²) in [4.78, 5) is 5.14. The van der Waals surface area contributed by atoms with Crippen LogP contribution in [0.25, 0.3) is 0 Å². The van der Waals surface area contributed by atoms with Gasteiger partial charge in [0.2, 0.25) is 0 Å². The van der Waals surface area contributed by atoms with E-state index in [0.717, 1.165) is 19.4 Å². The molecule has 0 amide bonds. The summed E-state index contributed by atoms with van der Waals surface area (Å²) < 4.78 is 0. The molecule has 0 saturated heterocycles. The van der Waals surface area contributed by atoms with E-state index in [1.54, 1.807) is 7.11 Å². The molecule has 70 valence electrons. The van der Waals surface area contributed by atoms with Gasteiger partial charge in [-0.25, -0.2) is 0 Å². The number of nitrogens with zero attached hydrogens (tertiary/aromatic N) is 2. The summed E-state index contributed by atoms with van der Waals surface area (Å²) >= 11 is 0. The van der Waals surface area contributed by atoms with Crippen molar-refractivity contribution in [3.05, 3.63) is 0 Å². The van der Waals surface area contributed by atoms with Crippen molar-refractivity contribution in [2.45, 2.75) is 39.2 Å². The van der Waals surface area contributed by atoms with Crippen molar-refractivity contribution in [3.63, 3.8) is 0 Å². The highest BCUT2D eigenvalue weighted by Gasteiger charge is 2.06. The van der Waals surface area contributed by atoms with Gasteiger partial charge in [-0.3, -0.25) is 0 Å². The molecule has 0 heterocycles.